The number of hydrogen-bond donors (Lipinski definition) is 1. The summed E-state index contributed by atoms with van der Waals surface area (Å²) in [6, 6.07) is 6.03. The molecule has 0 atom stereocenters. The Hall–Kier alpha value is -1.16. The molecule has 0 radical (unpaired) electrons. The van der Waals surface area contributed by atoms with Crippen molar-refractivity contribution >= 4 is 21.7 Å². The maximum Gasteiger partial charge on any atom is 0.0889 e. The number of aryl methyl sites for hydroxylation is 1. The molecule has 19 heavy (non-hydrogen) atoms. The molecular formula is C15H24N2OS. The Kier molecular flexibility index (Phi) is 3.56. The number of nitrogens with two attached hydrogens (primary N) is 1. The Bertz CT molecular complexity index is 515. The lowest BCUT2D eigenvalue weighted by molar-refractivity contribution is 0.376. The van der Waals surface area contributed by atoms with E-state index in [4.69, 9.17) is 10.0 Å². The molecule has 3 nitrogen and oxygen atoms in total. The minimum absolute atomic E-state index is 0.125. The summed E-state index contributed by atoms with van der Waals surface area (Å²) in [5.74, 6) is 0. The third-order valence-electron chi connectivity index (χ3n) is 3.88. The zero-order chi connectivity index (χ0) is 14.3. The minimum Gasteiger partial charge on any atom is -0.399 e. The van der Waals surface area contributed by atoms with Crippen molar-refractivity contribution in [1.82, 2.24) is 0 Å². The molecule has 0 spiro atoms. The number of fused-ring (bicyclic) bond motifs is 1. The molecule has 4 heteroatoms. The van der Waals surface area contributed by atoms with Crippen molar-refractivity contribution in [1.29, 1.82) is 0 Å². The SMILES string of the molecule is CC(C)(C)S(C)(C)O/N=C1/CCc2cc(N)ccc21. The van der Waals surface area contributed by atoms with Crippen molar-refractivity contribution < 1.29 is 4.28 Å². The van der Waals surface area contributed by atoms with E-state index >= 15 is 0 Å². The van der Waals surface area contributed by atoms with Crippen LogP contribution in [0.1, 0.15) is 38.3 Å². The fraction of sp³-hybridized carbons (Fsp3) is 0.533. The normalized spacial score (nSPS) is 18.5. The van der Waals surface area contributed by atoms with Gasteiger partial charge < -0.3 is 10.0 Å². The zero-order valence-corrected chi connectivity index (χ0v) is 13.3. The second-order valence-corrected chi connectivity index (χ2v) is 10.2. The Morgan fingerprint density at radius 1 is 1.21 bits per heavy atom. The van der Waals surface area contributed by atoms with Gasteiger partial charge in [-0.05, 0) is 63.8 Å². The number of benzene rings is 1. The van der Waals surface area contributed by atoms with E-state index in [0.29, 0.717) is 0 Å². The third-order valence-corrected chi connectivity index (χ3v) is 7.28. The number of nitrogens with zero attached hydrogens (tertiary/aromatic N) is 1. The average Bonchev–Trinajstić information content (AvgIpc) is 2.67. The first kappa shape index (κ1) is 14.3. The molecular weight excluding hydrogens is 256 g/mol. The first-order chi connectivity index (χ1) is 8.71. The van der Waals surface area contributed by atoms with Gasteiger partial charge in [0, 0.05) is 16.0 Å². The summed E-state index contributed by atoms with van der Waals surface area (Å²) in [7, 11) is -1.21. The summed E-state index contributed by atoms with van der Waals surface area (Å²) in [6.07, 6.45) is 6.28. The smallest absolute Gasteiger partial charge is 0.0889 e. The van der Waals surface area contributed by atoms with Gasteiger partial charge in [-0.15, -0.1) is 0 Å². The third kappa shape index (κ3) is 2.89. The summed E-state index contributed by atoms with van der Waals surface area (Å²) >= 11 is 0. The highest BCUT2D eigenvalue weighted by molar-refractivity contribution is 8.29. The van der Waals surface area contributed by atoms with E-state index in [1.807, 2.05) is 12.1 Å². The molecule has 1 aromatic rings. The van der Waals surface area contributed by atoms with E-state index in [1.165, 1.54) is 11.1 Å². The first-order valence-corrected chi connectivity index (χ1v) is 8.95. The van der Waals surface area contributed by atoms with Crippen LogP contribution in [0.15, 0.2) is 23.4 Å². The minimum atomic E-state index is -1.21. The zero-order valence-electron chi connectivity index (χ0n) is 12.5. The summed E-state index contributed by atoms with van der Waals surface area (Å²) in [5.41, 5.74) is 10.2. The van der Waals surface area contributed by atoms with Crippen LogP contribution in [0.2, 0.25) is 0 Å². The molecule has 2 rings (SSSR count). The molecule has 0 unspecified atom stereocenters. The van der Waals surface area contributed by atoms with Crippen molar-refractivity contribution in [2.24, 2.45) is 5.16 Å². The van der Waals surface area contributed by atoms with Gasteiger partial charge in [0.25, 0.3) is 0 Å². The molecule has 1 aliphatic rings. The van der Waals surface area contributed by atoms with Crippen molar-refractivity contribution in [2.75, 3.05) is 18.2 Å². The molecule has 0 amide bonds. The Morgan fingerprint density at radius 3 is 2.53 bits per heavy atom. The molecule has 1 aliphatic carbocycles. The van der Waals surface area contributed by atoms with E-state index in [9.17, 15) is 0 Å². The van der Waals surface area contributed by atoms with E-state index in [-0.39, 0.29) is 4.75 Å². The fourth-order valence-corrected chi connectivity index (χ4v) is 2.33. The van der Waals surface area contributed by atoms with Crippen molar-refractivity contribution in [2.45, 2.75) is 38.4 Å². The van der Waals surface area contributed by atoms with Gasteiger partial charge in [0.15, 0.2) is 0 Å². The molecule has 0 saturated carbocycles. The van der Waals surface area contributed by atoms with E-state index in [1.54, 1.807) is 0 Å². The van der Waals surface area contributed by atoms with Crippen LogP contribution in [0.5, 0.6) is 0 Å². The number of oxime groups is 1. The Morgan fingerprint density at radius 2 is 1.89 bits per heavy atom. The number of nitrogen functional groups attached to an aromatic ring is 1. The molecule has 106 valence electrons. The van der Waals surface area contributed by atoms with Crippen LogP contribution in [0.3, 0.4) is 0 Å². The highest BCUT2D eigenvalue weighted by Crippen LogP contribution is 2.54. The van der Waals surface area contributed by atoms with Gasteiger partial charge in [-0.25, -0.2) is 0 Å². The Balaban J connectivity index is 2.21. The first-order valence-electron chi connectivity index (χ1n) is 6.58. The molecule has 1 aromatic carbocycles. The largest absolute Gasteiger partial charge is 0.399 e. The number of rotatable bonds is 2. The number of hydrogen-bond acceptors (Lipinski definition) is 3. The summed E-state index contributed by atoms with van der Waals surface area (Å²) in [6.45, 7) is 6.60. The van der Waals surface area contributed by atoms with Crippen LogP contribution in [0, 0.1) is 0 Å². The lowest BCUT2D eigenvalue weighted by Crippen LogP contribution is -2.24. The molecule has 0 saturated heterocycles. The van der Waals surface area contributed by atoms with Crippen LogP contribution in [0.25, 0.3) is 0 Å². The van der Waals surface area contributed by atoms with Crippen molar-refractivity contribution in [3.8, 4) is 0 Å². The standard InChI is InChI=1S/C15H24N2OS/c1-15(2,3)19(4,5)18-17-14-9-6-11-10-12(16)7-8-13(11)14/h7-8,10H,6,9,16H2,1-5H3/b17-14-. The fourth-order valence-electron chi connectivity index (χ4n) is 1.83. The molecule has 2 N–H and O–H groups in total. The maximum atomic E-state index is 5.90. The van der Waals surface area contributed by atoms with Crippen LogP contribution in [-0.2, 0) is 10.7 Å². The predicted molar refractivity (Wildman–Crippen MR) is 86.0 cm³/mol. The van der Waals surface area contributed by atoms with Gasteiger partial charge in [-0.3, -0.25) is 0 Å². The molecule has 0 aliphatic heterocycles. The second-order valence-electron chi connectivity index (χ2n) is 6.37. The number of anilines is 1. The van der Waals surface area contributed by atoms with Crippen LogP contribution >= 0.6 is 10.3 Å². The molecule has 0 bridgehead atoms. The summed E-state index contributed by atoms with van der Waals surface area (Å²) in [4.78, 5) is 0. The van der Waals surface area contributed by atoms with E-state index in [2.05, 4.69) is 44.5 Å². The van der Waals surface area contributed by atoms with Gasteiger partial charge in [-0.2, -0.15) is 0 Å². The van der Waals surface area contributed by atoms with Crippen LogP contribution < -0.4 is 5.73 Å². The quantitative estimate of drug-likeness (QED) is 0.663. The summed E-state index contributed by atoms with van der Waals surface area (Å²) < 4.78 is 6.03. The maximum absolute atomic E-state index is 5.90. The van der Waals surface area contributed by atoms with Crippen molar-refractivity contribution in [3.05, 3.63) is 29.3 Å². The van der Waals surface area contributed by atoms with Gasteiger partial charge in [0.05, 0.1) is 5.71 Å². The monoisotopic (exact) mass is 280 g/mol. The van der Waals surface area contributed by atoms with E-state index in [0.717, 1.165) is 24.2 Å². The highest BCUT2D eigenvalue weighted by atomic mass is 32.3. The highest BCUT2D eigenvalue weighted by Gasteiger charge is 2.30. The average molecular weight is 280 g/mol. The van der Waals surface area contributed by atoms with Gasteiger partial charge >= 0.3 is 0 Å². The van der Waals surface area contributed by atoms with Gasteiger partial charge in [-0.1, -0.05) is 21.5 Å². The molecule has 0 fully saturated rings. The lowest BCUT2D eigenvalue weighted by Gasteiger charge is -2.40. The topological polar surface area (TPSA) is 47.6 Å². The van der Waals surface area contributed by atoms with E-state index < -0.39 is 10.3 Å². The van der Waals surface area contributed by atoms with Crippen molar-refractivity contribution in [3.63, 3.8) is 0 Å². The Labute approximate surface area is 117 Å². The second kappa shape index (κ2) is 4.75. The molecule has 0 aromatic heterocycles. The molecule has 0 heterocycles. The van der Waals surface area contributed by atoms with Gasteiger partial charge in [0.2, 0.25) is 0 Å². The lowest BCUT2D eigenvalue weighted by atomic mass is 10.1. The predicted octanol–water partition coefficient (Wildman–Crippen LogP) is 3.71. The summed E-state index contributed by atoms with van der Waals surface area (Å²) in [5, 5.41) is 4.45. The van der Waals surface area contributed by atoms with Crippen LogP contribution in [-0.4, -0.2) is 23.0 Å². The van der Waals surface area contributed by atoms with Gasteiger partial charge in [0.1, 0.15) is 0 Å². The van der Waals surface area contributed by atoms with Crippen LogP contribution in [0.4, 0.5) is 5.69 Å².